The van der Waals surface area contributed by atoms with Crippen LogP contribution in [0.3, 0.4) is 0 Å². The normalized spacial score (nSPS) is 11.2. The van der Waals surface area contributed by atoms with Crippen molar-refractivity contribution in [1.82, 2.24) is 4.90 Å². The molecule has 0 spiro atoms. The fraction of sp³-hybridized carbons (Fsp3) is 0.136. The molecule has 0 saturated heterocycles. The minimum Gasteiger partial charge on any atom is -0.334 e. The van der Waals surface area contributed by atoms with Gasteiger partial charge < -0.3 is 4.90 Å². The highest BCUT2D eigenvalue weighted by Crippen LogP contribution is 2.16. The van der Waals surface area contributed by atoms with E-state index in [1.54, 1.807) is 29.2 Å². The van der Waals surface area contributed by atoms with Gasteiger partial charge in [-0.15, -0.1) is 0 Å². The number of benzene rings is 3. The molecule has 29 heavy (non-hydrogen) atoms. The molecule has 3 rings (SSSR count). The van der Waals surface area contributed by atoms with Gasteiger partial charge in [-0.2, -0.15) is 0 Å². The van der Waals surface area contributed by atoms with Gasteiger partial charge in [0.1, 0.15) is 0 Å². The number of halogens is 1. The van der Waals surface area contributed by atoms with E-state index in [1.807, 2.05) is 42.5 Å². The topological polar surface area (TPSA) is 80.5 Å². The molecule has 2 N–H and O–H groups in total. The third-order valence-electron chi connectivity index (χ3n) is 4.46. The summed E-state index contributed by atoms with van der Waals surface area (Å²) in [6.45, 7) is 0.763. The highest BCUT2D eigenvalue weighted by molar-refractivity contribution is 7.89. The van der Waals surface area contributed by atoms with E-state index in [2.05, 4.69) is 0 Å². The van der Waals surface area contributed by atoms with Crippen LogP contribution in [0.4, 0.5) is 0 Å². The van der Waals surface area contributed by atoms with E-state index in [9.17, 15) is 13.2 Å². The first kappa shape index (κ1) is 21.0. The number of carbonyl (C=O) groups is 1. The zero-order valence-electron chi connectivity index (χ0n) is 15.7. The Morgan fingerprint density at radius 3 is 1.83 bits per heavy atom. The summed E-state index contributed by atoms with van der Waals surface area (Å²) < 4.78 is 22.9. The minimum absolute atomic E-state index is 0.0262. The summed E-state index contributed by atoms with van der Waals surface area (Å²) in [5.41, 5.74) is 2.70. The molecule has 0 saturated carbocycles. The second kappa shape index (κ2) is 9.22. The molecule has 3 aromatic carbocycles. The molecular formula is C22H21ClN2O3S. The Morgan fingerprint density at radius 1 is 0.793 bits per heavy atom. The van der Waals surface area contributed by atoms with Crippen molar-refractivity contribution in [3.8, 4) is 0 Å². The van der Waals surface area contributed by atoms with Crippen molar-refractivity contribution in [3.05, 3.63) is 101 Å². The molecule has 0 aliphatic carbocycles. The Balaban J connectivity index is 1.81. The first-order valence-electron chi connectivity index (χ1n) is 8.99. The summed E-state index contributed by atoms with van der Waals surface area (Å²) in [6.07, 6.45) is 0.281. The maximum absolute atomic E-state index is 13.0. The second-order valence-corrected chi connectivity index (χ2v) is 8.73. The van der Waals surface area contributed by atoms with Gasteiger partial charge in [0.05, 0.1) is 11.3 Å². The fourth-order valence-electron chi connectivity index (χ4n) is 2.93. The standard InChI is InChI=1S/C22H21ClN2O3S/c23-20-10-6-18(7-11-20)15-25(22(26)14-17-4-2-1-3-5-17)16-19-8-12-21(13-9-19)29(24,27)28/h1-13H,14-16H2,(H2,24,27,28). The van der Waals surface area contributed by atoms with E-state index < -0.39 is 10.0 Å². The lowest BCUT2D eigenvalue weighted by Gasteiger charge is -2.23. The summed E-state index contributed by atoms with van der Waals surface area (Å²) in [4.78, 5) is 14.8. The number of nitrogens with zero attached hydrogens (tertiary/aromatic N) is 1. The summed E-state index contributed by atoms with van der Waals surface area (Å²) >= 11 is 5.96. The largest absolute Gasteiger partial charge is 0.334 e. The van der Waals surface area contributed by atoms with Gasteiger partial charge in [0.15, 0.2) is 0 Å². The SMILES string of the molecule is NS(=O)(=O)c1ccc(CN(Cc2ccc(Cl)cc2)C(=O)Cc2ccccc2)cc1. The van der Waals surface area contributed by atoms with Crippen LogP contribution in [0.25, 0.3) is 0 Å². The van der Waals surface area contributed by atoms with E-state index in [4.69, 9.17) is 16.7 Å². The Hall–Kier alpha value is -2.67. The molecule has 0 bridgehead atoms. The Morgan fingerprint density at radius 2 is 1.31 bits per heavy atom. The molecule has 0 unspecified atom stereocenters. The zero-order valence-corrected chi connectivity index (χ0v) is 17.2. The van der Waals surface area contributed by atoms with Gasteiger partial charge in [-0.25, -0.2) is 13.6 Å². The van der Waals surface area contributed by atoms with E-state index in [0.717, 1.165) is 16.7 Å². The van der Waals surface area contributed by atoms with Gasteiger partial charge >= 0.3 is 0 Å². The molecule has 0 fully saturated rings. The molecule has 0 radical (unpaired) electrons. The minimum atomic E-state index is -3.75. The molecular weight excluding hydrogens is 408 g/mol. The molecule has 5 nitrogen and oxygen atoms in total. The van der Waals surface area contributed by atoms with Crippen molar-refractivity contribution < 1.29 is 13.2 Å². The maximum Gasteiger partial charge on any atom is 0.238 e. The van der Waals surface area contributed by atoms with Crippen LogP contribution in [-0.2, 0) is 34.3 Å². The molecule has 1 amide bonds. The predicted octanol–water partition coefficient (Wildman–Crippen LogP) is 3.76. The number of amides is 1. The summed E-state index contributed by atoms with van der Waals surface area (Å²) in [6, 6.07) is 23.1. The lowest BCUT2D eigenvalue weighted by atomic mass is 10.1. The van der Waals surface area contributed by atoms with Gasteiger partial charge in [0.25, 0.3) is 0 Å². The number of primary sulfonamides is 1. The molecule has 3 aromatic rings. The smallest absolute Gasteiger partial charge is 0.238 e. The van der Waals surface area contributed by atoms with Gasteiger partial charge in [-0.05, 0) is 41.0 Å². The third kappa shape index (κ3) is 6.15. The molecule has 0 aliphatic heterocycles. The van der Waals surface area contributed by atoms with E-state index >= 15 is 0 Å². The number of nitrogens with two attached hydrogens (primary N) is 1. The first-order valence-corrected chi connectivity index (χ1v) is 10.9. The molecule has 0 aromatic heterocycles. The van der Waals surface area contributed by atoms with Crippen LogP contribution in [0.5, 0.6) is 0 Å². The first-order chi connectivity index (χ1) is 13.8. The van der Waals surface area contributed by atoms with Crippen LogP contribution in [0.15, 0.2) is 83.8 Å². The van der Waals surface area contributed by atoms with Crippen molar-refractivity contribution in [1.29, 1.82) is 0 Å². The van der Waals surface area contributed by atoms with Crippen LogP contribution in [0.1, 0.15) is 16.7 Å². The quantitative estimate of drug-likeness (QED) is 0.622. The Labute approximate surface area is 175 Å². The van der Waals surface area contributed by atoms with Crippen molar-refractivity contribution in [2.75, 3.05) is 0 Å². The van der Waals surface area contributed by atoms with Crippen LogP contribution in [0, 0.1) is 0 Å². The predicted molar refractivity (Wildman–Crippen MR) is 114 cm³/mol. The van der Waals surface area contributed by atoms with E-state index in [-0.39, 0.29) is 17.2 Å². The molecule has 7 heteroatoms. The van der Waals surface area contributed by atoms with Gasteiger partial charge in [-0.3, -0.25) is 4.79 Å². The van der Waals surface area contributed by atoms with E-state index in [0.29, 0.717) is 18.1 Å². The van der Waals surface area contributed by atoms with E-state index in [1.165, 1.54) is 12.1 Å². The molecule has 0 atom stereocenters. The Kier molecular flexibility index (Phi) is 6.69. The monoisotopic (exact) mass is 428 g/mol. The van der Waals surface area contributed by atoms with Gasteiger partial charge in [0.2, 0.25) is 15.9 Å². The number of rotatable bonds is 7. The van der Waals surface area contributed by atoms with Crippen LogP contribution in [0.2, 0.25) is 5.02 Å². The highest BCUT2D eigenvalue weighted by Gasteiger charge is 2.16. The maximum atomic E-state index is 13.0. The Bertz CT molecular complexity index is 1070. The van der Waals surface area contributed by atoms with Crippen LogP contribution in [-0.4, -0.2) is 19.2 Å². The summed E-state index contributed by atoms with van der Waals surface area (Å²) in [7, 11) is -3.75. The van der Waals surface area contributed by atoms with Crippen molar-refractivity contribution in [2.45, 2.75) is 24.4 Å². The number of carbonyl (C=O) groups excluding carboxylic acids is 1. The lowest BCUT2D eigenvalue weighted by molar-refractivity contribution is -0.131. The summed E-state index contributed by atoms with van der Waals surface area (Å²) in [5.74, 6) is -0.0262. The number of hydrogen-bond acceptors (Lipinski definition) is 3. The second-order valence-electron chi connectivity index (χ2n) is 6.73. The highest BCUT2D eigenvalue weighted by atomic mass is 35.5. The lowest BCUT2D eigenvalue weighted by Crippen LogP contribution is -2.31. The van der Waals surface area contributed by atoms with Gasteiger partial charge in [0, 0.05) is 18.1 Å². The number of hydrogen-bond donors (Lipinski definition) is 1. The summed E-state index contributed by atoms with van der Waals surface area (Å²) in [5, 5.41) is 5.79. The molecule has 150 valence electrons. The number of sulfonamides is 1. The molecule has 0 aliphatic rings. The van der Waals surface area contributed by atoms with Crippen LogP contribution < -0.4 is 5.14 Å². The zero-order chi connectivity index (χ0) is 20.9. The average Bonchev–Trinajstić information content (AvgIpc) is 2.69. The van der Waals surface area contributed by atoms with Crippen molar-refractivity contribution in [2.24, 2.45) is 5.14 Å². The molecule has 0 heterocycles. The fourth-order valence-corrected chi connectivity index (χ4v) is 3.57. The van der Waals surface area contributed by atoms with Gasteiger partial charge in [-0.1, -0.05) is 66.2 Å². The van der Waals surface area contributed by atoms with Crippen molar-refractivity contribution in [3.63, 3.8) is 0 Å². The van der Waals surface area contributed by atoms with Crippen molar-refractivity contribution >= 4 is 27.5 Å². The average molecular weight is 429 g/mol. The third-order valence-corrected chi connectivity index (χ3v) is 5.64. The van der Waals surface area contributed by atoms with Crippen LogP contribution >= 0.6 is 11.6 Å².